The van der Waals surface area contributed by atoms with Crippen LogP contribution in [-0.4, -0.2) is 27.6 Å². The van der Waals surface area contributed by atoms with Gasteiger partial charge in [-0.3, -0.25) is 14.4 Å². The van der Waals surface area contributed by atoms with Crippen LogP contribution in [0, 0.1) is 6.92 Å². The summed E-state index contributed by atoms with van der Waals surface area (Å²) < 4.78 is 5.74. The van der Waals surface area contributed by atoms with E-state index in [0.29, 0.717) is 16.4 Å². The molecule has 2 aromatic rings. The molecular formula is C24H20ClNO6. The van der Waals surface area contributed by atoms with Crippen molar-refractivity contribution in [1.29, 1.82) is 0 Å². The number of fused-ring (bicyclic) bond motifs is 3. The first-order valence-corrected chi connectivity index (χ1v) is 10.2. The standard InChI is InChI=1S/C24H20ClNO6/c1-10-20(29)18(12(3)27)22-19(21(10)30)24(4)16(32-22)9-15(28)17(23(24)31)11(2)26-14-7-5-13(25)6-8-14/h5-9,26,29-30H,1-4H3/b17-11+/t24-/m0/s1. The van der Waals surface area contributed by atoms with E-state index in [2.05, 4.69) is 5.32 Å². The summed E-state index contributed by atoms with van der Waals surface area (Å²) in [5.41, 5.74) is -0.746. The molecule has 4 rings (SSSR count). The summed E-state index contributed by atoms with van der Waals surface area (Å²) in [6.07, 6.45) is 1.18. The number of anilines is 1. The molecule has 0 spiro atoms. The highest BCUT2D eigenvalue weighted by atomic mass is 35.5. The number of benzene rings is 2. The van der Waals surface area contributed by atoms with Gasteiger partial charge in [-0.15, -0.1) is 0 Å². The fourth-order valence-corrected chi connectivity index (χ4v) is 4.30. The molecule has 32 heavy (non-hydrogen) atoms. The van der Waals surface area contributed by atoms with Crippen molar-refractivity contribution in [2.24, 2.45) is 0 Å². The van der Waals surface area contributed by atoms with Crippen molar-refractivity contribution in [2.45, 2.75) is 33.1 Å². The van der Waals surface area contributed by atoms with Crippen LogP contribution in [0.4, 0.5) is 5.69 Å². The second-order valence-corrected chi connectivity index (χ2v) is 8.45. The predicted octanol–water partition coefficient (Wildman–Crippen LogP) is 4.33. The van der Waals surface area contributed by atoms with Crippen molar-refractivity contribution < 1.29 is 29.3 Å². The zero-order valence-corrected chi connectivity index (χ0v) is 18.5. The van der Waals surface area contributed by atoms with E-state index in [1.807, 2.05) is 0 Å². The smallest absolute Gasteiger partial charge is 0.194 e. The molecular weight excluding hydrogens is 434 g/mol. The van der Waals surface area contributed by atoms with Crippen LogP contribution >= 0.6 is 11.6 Å². The van der Waals surface area contributed by atoms with Crippen LogP contribution < -0.4 is 10.1 Å². The van der Waals surface area contributed by atoms with Crippen LogP contribution in [-0.2, 0) is 15.0 Å². The fraction of sp³-hybridized carbons (Fsp3) is 0.208. The Bertz CT molecular complexity index is 1290. The lowest BCUT2D eigenvalue weighted by Crippen LogP contribution is -2.40. The maximum atomic E-state index is 13.7. The van der Waals surface area contributed by atoms with Crippen molar-refractivity contribution >= 4 is 34.6 Å². The molecule has 0 fully saturated rings. The maximum absolute atomic E-state index is 13.7. The Morgan fingerprint density at radius 2 is 1.72 bits per heavy atom. The van der Waals surface area contributed by atoms with E-state index in [4.69, 9.17) is 16.3 Å². The summed E-state index contributed by atoms with van der Waals surface area (Å²) in [4.78, 5) is 38.8. The third kappa shape index (κ3) is 2.92. The number of ether oxygens (including phenoxy) is 1. The van der Waals surface area contributed by atoms with Crippen LogP contribution in [0.1, 0.15) is 42.3 Å². The minimum atomic E-state index is -1.55. The van der Waals surface area contributed by atoms with Crippen LogP contribution in [0.3, 0.4) is 0 Å². The summed E-state index contributed by atoms with van der Waals surface area (Å²) >= 11 is 5.91. The molecule has 1 atom stereocenters. The SMILES string of the molecule is CC(=O)c1c(O)c(C)c(O)c2c1OC1=CC(=O)/C(=C(/C)Nc3ccc(Cl)cc3)C(=O)[C@@]12C. The molecule has 1 aliphatic heterocycles. The van der Waals surface area contributed by atoms with E-state index in [9.17, 15) is 24.6 Å². The van der Waals surface area contributed by atoms with Gasteiger partial charge in [0.15, 0.2) is 17.3 Å². The molecule has 1 aliphatic carbocycles. The zero-order valence-electron chi connectivity index (χ0n) is 17.8. The van der Waals surface area contributed by atoms with Crippen molar-refractivity contribution in [3.63, 3.8) is 0 Å². The monoisotopic (exact) mass is 453 g/mol. The highest BCUT2D eigenvalue weighted by Gasteiger charge is 2.56. The van der Waals surface area contributed by atoms with Gasteiger partial charge in [0.1, 0.15) is 34.0 Å². The number of rotatable bonds is 3. The summed E-state index contributed by atoms with van der Waals surface area (Å²) in [5.74, 6) is -2.57. The lowest BCUT2D eigenvalue weighted by atomic mass is 9.70. The van der Waals surface area contributed by atoms with Crippen LogP contribution in [0.15, 0.2) is 47.4 Å². The molecule has 7 nitrogen and oxygen atoms in total. The van der Waals surface area contributed by atoms with E-state index in [1.165, 1.54) is 26.8 Å². The van der Waals surface area contributed by atoms with Crippen molar-refractivity contribution in [2.75, 3.05) is 5.32 Å². The van der Waals surface area contributed by atoms with Gasteiger partial charge in [0.25, 0.3) is 0 Å². The van der Waals surface area contributed by atoms with Crippen molar-refractivity contribution in [3.05, 3.63) is 69.1 Å². The molecule has 0 amide bonds. The van der Waals surface area contributed by atoms with E-state index in [1.54, 1.807) is 31.2 Å². The van der Waals surface area contributed by atoms with Crippen LogP contribution in [0.5, 0.6) is 17.2 Å². The number of allylic oxidation sites excluding steroid dienone is 4. The first kappa shape index (κ1) is 21.6. The molecule has 0 bridgehead atoms. The second-order valence-electron chi connectivity index (χ2n) is 8.02. The highest BCUT2D eigenvalue weighted by molar-refractivity contribution is 6.32. The van der Waals surface area contributed by atoms with Gasteiger partial charge in [-0.2, -0.15) is 0 Å². The van der Waals surface area contributed by atoms with E-state index >= 15 is 0 Å². The average Bonchev–Trinajstić information content (AvgIpc) is 3.01. The van der Waals surface area contributed by atoms with Gasteiger partial charge in [0, 0.05) is 28.0 Å². The van der Waals surface area contributed by atoms with E-state index in [0.717, 1.165) is 0 Å². The fourth-order valence-electron chi connectivity index (χ4n) is 4.17. The Morgan fingerprint density at radius 3 is 2.31 bits per heavy atom. The second kappa shape index (κ2) is 7.24. The number of halogens is 1. The van der Waals surface area contributed by atoms with Gasteiger partial charge in [0.2, 0.25) is 0 Å². The topological polar surface area (TPSA) is 113 Å². The number of ketones is 3. The number of phenols is 2. The Kier molecular flexibility index (Phi) is 4.90. The molecule has 8 heteroatoms. The Hall–Kier alpha value is -3.58. The third-order valence-corrected chi connectivity index (χ3v) is 6.19. The van der Waals surface area contributed by atoms with Crippen molar-refractivity contribution in [1.82, 2.24) is 0 Å². The number of Topliss-reactive ketones (excluding diaryl/α,β-unsaturated/α-hetero) is 2. The summed E-state index contributed by atoms with van der Waals surface area (Å²) in [6, 6.07) is 6.75. The average molecular weight is 454 g/mol. The predicted molar refractivity (Wildman–Crippen MR) is 118 cm³/mol. The number of carbonyl (C=O) groups is 3. The highest BCUT2D eigenvalue weighted by Crippen LogP contribution is 2.57. The molecule has 0 saturated heterocycles. The zero-order chi connectivity index (χ0) is 23.5. The molecule has 1 heterocycles. The van der Waals surface area contributed by atoms with E-state index < -0.39 is 28.5 Å². The molecule has 2 aromatic carbocycles. The summed E-state index contributed by atoms with van der Waals surface area (Å²) in [7, 11) is 0. The van der Waals surface area contributed by atoms with Gasteiger partial charge in [0.05, 0.1) is 11.1 Å². The molecule has 3 N–H and O–H groups in total. The summed E-state index contributed by atoms with van der Waals surface area (Å²) in [6.45, 7) is 5.80. The molecule has 0 aromatic heterocycles. The lowest BCUT2D eigenvalue weighted by Gasteiger charge is -2.29. The first-order valence-electron chi connectivity index (χ1n) is 9.81. The minimum absolute atomic E-state index is 0.00616. The largest absolute Gasteiger partial charge is 0.507 e. The van der Waals surface area contributed by atoms with Crippen LogP contribution in [0.2, 0.25) is 5.02 Å². The van der Waals surface area contributed by atoms with Crippen molar-refractivity contribution in [3.8, 4) is 17.2 Å². The number of carbonyl (C=O) groups excluding carboxylic acids is 3. The Labute approximate surface area is 189 Å². The molecule has 0 unspecified atom stereocenters. The van der Waals surface area contributed by atoms with Gasteiger partial charge in [-0.1, -0.05) is 11.6 Å². The summed E-state index contributed by atoms with van der Waals surface area (Å²) in [5, 5.41) is 24.8. The van der Waals surface area contributed by atoms with Gasteiger partial charge < -0.3 is 20.3 Å². The maximum Gasteiger partial charge on any atom is 0.194 e. The number of hydrogen-bond donors (Lipinski definition) is 3. The quantitative estimate of drug-likeness (QED) is 0.360. The third-order valence-electron chi connectivity index (χ3n) is 5.94. The normalized spacial score (nSPS) is 20.8. The molecule has 164 valence electrons. The number of nitrogens with one attached hydrogen (secondary N) is 1. The molecule has 0 radical (unpaired) electrons. The number of aromatic hydroxyl groups is 2. The number of phenolic OH excluding ortho intramolecular Hbond substituents is 2. The molecule has 0 saturated carbocycles. The Balaban J connectivity index is 1.91. The minimum Gasteiger partial charge on any atom is -0.507 e. The van der Waals surface area contributed by atoms with Gasteiger partial charge in [-0.05, 0) is 52.0 Å². The van der Waals surface area contributed by atoms with Gasteiger partial charge in [-0.25, -0.2) is 0 Å². The van der Waals surface area contributed by atoms with Crippen LogP contribution in [0.25, 0.3) is 0 Å². The molecule has 2 aliphatic rings. The number of hydrogen-bond acceptors (Lipinski definition) is 7. The van der Waals surface area contributed by atoms with Gasteiger partial charge >= 0.3 is 0 Å². The van der Waals surface area contributed by atoms with E-state index in [-0.39, 0.29) is 39.5 Å². The first-order chi connectivity index (χ1) is 15.0. The Morgan fingerprint density at radius 1 is 1.09 bits per heavy atom. The lowest BCUT2D eigenvalue weighted by molar-refractivity contribution is -0.123.